The second-order valence-electron chi connectivity index (χ2n) is 4.71. The lowest BCUT2D eigenvalue weighted by Crippen LogP contribution is -2.07. The highest BCUT2D eigenvalue weighted by molar-refractivity contribution is 9.10. The van der Waals surface area contributed by atoms with Crippen molar-refractivity contribution >= 4 is 21.6 Å². The SMILES string of the molecule is Cc1cc(C)c(Oc2cc(Br)ccc2C(F)(F)F)cc1N. The van der Waals surface area contributed by atoms with Crippen molar-refractivity contribution in [2.75, 3.05) is 5.73 Å². The van der Waals surface area contributed by atoms with Gasteiger partial charge in [-0.1, -0.05) is 22.0 Å². The third-order valence-electron chi connectivity index (χ3n) is 3.03. The third-order valence-corrected chi connectivity index (χ3v) is 3.53. The molecule has 0 spiro atoms. The second kappa shape index (κ2) is 5.60. The third kappa shape index (κ3) is 3.50. The van der Waals surface area contributed by atoms with Crippen LogP contribution in [0.2, 0.25) is 0 Å². The largest absolute Gasteiger partial charge is 0.456 e. The lowest BCUT2D eigenvalue weighted by molar-refractivity contribution is -0.138. The van der Waals surface area contributed by atoms with Crippen molar-refractivity contribution in [2.45, 2.75) is 20.0 Å². The van der Waals surface area contributed by atoms with Crippen molar-refractivity contribution in [1.82, 2.24) is 0 Å². The van der Waals surface area contributed by atoms with E-state index in [2.05, 4.69) is 15.9 Å². The van der Waals surface area contributed by atoms with Gasteiger partial charge in [-0.05, 0) is 43.2 Å². The van der Waals surface area contributed by atoms with Crippen LogP contribution >= 0.6 is 15.9 Å². The molecule has 0 aromatic heterocycles. The standard InChI is InChI=1S/C15H13BrF3NO/c1-8-5-9(2)13(7-12(8)20)21-14-6-10(16)3-4-11(14)15(17,18)19/h3-7H,20H2,1-2H3. The summed E-state index contributed by atoms with van der Waals surface area (Å²) in [5.41, 5.74) is 7.00. The number of aryl methyl sites for hydroxylation is 2. The van der Waals surface area contributed by atoms with Gasteiger partial charge in [-0.3, -0.25) is 0 Å². The van der Waals surface area contributed by atoms with E-state index in [-0.39, 0.29) is 5.75 Å². The number of rotatable bonds is 2. The van der Waals surface area contributed by atoms with Crippen LogP contribution in [0.1, 0.15) is 16.7 Å². The molecule has 0 aliphatic carbocycles. The van der Waals surface area contributed by atoms with Crippen molar-refractivity contribution < 1.29 is 17.9 Å². The molecule has 2 aromatic carbocycles. The van der Waals surface area contributed by atoms with Gasteiger partial charge in [-0.25, -0.2) is 0 Å². The number of nitrogen functional groups attached to an aromatic ring is 1. The summed E-state index contributed by atoms with van der Waals surface area (Å²) in [6, 6.07) is 6.90. The molecule has 112 valence electrons. The quantitative estimate of drug-likeness (QED) is 0.722. The highest BCUT2D eigenvalue weighted by Gasteiger charge is 2.34. The number of halogens is 4. The summed E-state index contributed by atoms with van der Waals surface area (Å²) in [4.78, 5) is 0. The smallest absolute Gasteiger partial charge is 0.419 e. The Bertz CT molecular complexity index is 683. The minimum Gasteiger partial charge on any atom is -0.456 e. The number of anilines is 1. The molecule has 2 aromatic rings. The van der Waals surface area contributed by atoms with Crippen LogP contribution in [-0.2, 0) is 6.18 Å². The van der Waals surface area contributed by atoms with E-state index in [0.717, 1.165) is 17.2 Å². The van der Waals surface area contributed by atoms with E-state index >= 15 is 0 Å². The first kappa shape index (κ1) is 15.7. The molecule has 0 aliphatic rings. The zero-order valence-electron chi connectivity index (χ0n) is 11.4. The highest BCUT2D eigenvalue weighted by Crippen LogP contribution is 2.40. The van der Waals surface area contributed by atoms with Crippen LogP contribution in [0.25, 0.3) is 0 Å². The molecule has 0 fully saturated rings. The van der Waals surface area contributed by atoms with Gasteiger partial charge < -0.3 is 10.5 Å². The Balaban J connectivity index is 2.49. The summed E-state index contributed by atoms with van der Waals surface area (Å²) < 4.78 is 45.0. The Kier molecular flexibility index (Phi) is 4.18. The zero-order chi connectivity index (χ0) is 15.8. The van der Waals surface area contributed by atoms with E-state index in [1.165, 1.54) is 18.2 Å². The molecule has 0 bridgehead atoms. The van der Waals surface area contributed by atoms with Crippen LogP contribution in [0.3, 0.4) is 0 Å². The second-order valence-corrected chi connectivity index (χ2v) is 5.63. The molecule has 2 N–H and O–H groups in total. The number of alkyl halides is 3. The van der Waals surface area contributed by atoms with Crippen molar-refractivity contribution in [1.29, 1.82) is 0 Å². The topological polar surface area (TPSA) is 35.2 Å². The van der Waals surface area contributed by atoms with Gasteiger partial charge in [0.25, 0.3) is 0 Å². The molecule has 0 aliphatic heterocycles. The van der Waals surface area contributed by atoms with Gasteiger partial charge >= 0.3 is 6.18 Å². The van der Waals surface area contributed by atoms with Crippen molar-refractivity contribution in [3.63, 3.8) is 0 Å². The fraction of sp³-hybridized carbons (Fsp3) is 0.200. The molecule has 0 atom stereocenters. The van der Waals surface area contributed by atoms with Gasteiger partial charge in [0.2, 0.25) is 0 Å². The normalized spacial score (nSPS) is 11.5. The number of hydrogen-bond donors (Lipinski definition) is 1. The summed E-state index contributed by atoms with van der Waals surface area (Å²) in [6.45, 7) is 3.58. The van der Waals surface area contributed by atoms with Gasteiger partial charge in [-0.15, -0.1) is 0 Å². The molecular formula is C15H13BrF3NO. The van der Waals surface area contributed by atoms with Crippen LogP contribution < -0.4 is 10.5 Å². The Morgan fingerprint density at radius 1 is 1.00 bits per heavy atom. The van der Waals surface area contributed by atoms with Gasteiger partial charge in [0.1, 0.15) is 11.5 Å². The predicted molar refractivity (Wildman–Crippen MR) is 79.5 cm³/mol. The molecule has 0 saturated carbocycles. The minimum atomic E-state index is -4.49. The molecule has 2 nitrogen and oxygen atoms in total. The van der Waals surface area contributed by atoms with Gasteiger partial charge in [0.15, 0.2) is 0 Å². The molecule has 21 heavy (non-hydrogen) atoms. The van der Waals surface area contributed by atoms with E-state index in [4.69, 9.17) is 10.5 Å². The van der Waals surface area contributed by atoms with Gasteiger partial charge in [0, 0.05) is 16.2 Å². The van der Waals surface area contributed by atoms with Crippen LogP contribution in [0, 0.1) is 13.8 Å². The minimum absolute atomic E-state index is 0.261. The van der Waals surface area contributed by atoms with Gasteiger partial charge in [0.05, 0.1) is 5.56 Å². The summed E-state index contributed by atoms with van der Waals surface area (Å²) in [5, 5.41) is 0. The van der Waals surface area contributed by atoms with E-state index in [9.17, 15) is 13.2 Å². The van der Waals surface area contributed by atoms with Crippen molar-refractivity contribution in [2.24, 2.45) is 0 Å². The fourth-order valence-electron chi connectivity index (χ4n) is 1.89. The number of nitrogens with two attached hydrogens (primary N) is 1. The Labute approximate surface area is 128 Å². The van der Waals surface area contributed by atoms with Crippen LogP contribution in [-0.4, -0.2) is 0 Å². The number of hydrogen-bond acceptors (Lipinski definition) is 2. The lowest BCUT2D eigenvalue weighted by Gasteiger charge is -2.16. The van der Waals surface area contributed by atoms with E-state index in [0.29, 0.717) is 15.9 Å². The Morgan fingerprint density at radius 2 is 1.67 bits per heavy atom. The summed E-state index contributed by atoms with van der Waals surface area (Å²) in [7, 11) is 0. The first-order valence-corrected chi connectivity index (χ1v) is 6.89. The Morgan fingerprint density at radius 3 is 2.29 bits per heavy atom. The van der Waals surface area contributed by atoms with Crippen LogP contribution in [0.15, 0.2) is 34.8 Å². The predicted octanol–water partition coefficient (Wildman–Crippen LogP) is 5.46. The molecule has 0 unspecified atom stereocenters. The number of ether oxygens (including phenoxy) is 1. The highest BCUT2D eigenvalue weighted by atomic mass is 79.9. The van der Waals surface area contributed by atoms with E-state index in [1.807, 2.05) is 6.92 Å². The first-order valence-electron chi connectivity index (χ1n) is 6.10. The molecule has 6 heteroatoms. The number of benzene rings is 2. The average molecular weight is 360 g/mol. The first-order chi connectivity index (χ1) is 9.68. The van der Waals surface area contributed by atoms with E-state index in [1.54, 1.807) is 13.0 Å². The maximum Gasteiger partial charge on any atom is 0.419 e. The average Bonchev–Trinajstić information content (AvgIpc) is 2.34. The summed E-state index contributed by atoms with van der Waals surface area (Å²) >= 11 is 3.15. The molecule has 0 radical (unpaired) electrons. The summed E-state index contributed by atoms with van der Waals surface area (Å²) in [6.07, 6.45) is -4.49. The van der Waals surface area contributed by atoms with Crippen molar-refractivity contribution in [3.8, 4) is 11.5 Å². The monoisotopic (exact) mass is 359 g/mol. The molecule has 2 rings (SSSR count). The maximum absolute atomic E-state index is 13.0. The van der Waals surface area contributed by atoms with E-state index < -0.39 is 11.7 Å². The molecule has 0 heterocycles. The Hall–Kier alpha value is -1.69. The fourth-order valence-corrected chi connectivity index (χ4v) is 2.23. The molecule has 0 saturated heterocycles. The molecule has 0 amide bonds. The van der Waals surface area contributed by atoms with Gasteiger partial charge in [-0.2, -0.15) is 13.2 Å². The van der Waals surface area contributed by atoms with Crippen molar-refractivity contribution in [3.05, 3.63) is 51.5 Å². The van der Waals surface area contributed by atoms with Crippen LogP contribution in [0.5, 0.6) is 11.5 Å². The summed E-state index contributed by atoms with van der Waals surface area (Å²) in [5.74, 6) is 0.0462. The molecular weight excluding hydrogens is 347 g/mol. The lowest BCUT2D eigenvalue weighted by atomic mass is 10.1. The maximum atomic E-state index is 13.0. The zero-order valence-corrected chi connectivity index (χ0v) is 13.0. The van der Waals surface area contributed by atoms with Crippen LogP contribution in [0.4, 0.5) is 18.9 Å².